The van der Waals surface area contributed by atoms with E-state index in [-0.39, 0.29) is 6.10 Å². The third kappa shape index (κ3) is 4.42. The Balaban J connectivity index is 1.46. The van der Waals surface area contributed by atoms with E-state index in [2.05, 4.69) is 33.8 Å². The molecule has 0 bridgehead atoms. The molecule has 0 radical (unpaired) electrons. The lowest BCUT2D eigenvalue weighted by Gasteiger charge is -2.15. The maximum atomic E-state index is 6.02. The number of guanidine groups is 1. The van der Waals surface area contributed by atoms with E-state index in [1.54, 1.807) is 0 Å². The van der Waals surface area contributed by atoms with Gasteiger partial charge in [0, 0.05) is 31.1 Å². The molecule has 1 fully saturated rings. The standard InChI is InChI=1S/C21H28N6O2/c1-14-17-8-4-5-9-18(17)29-19(14)12-23-21(22-11-16-7-6-10-28-16)24-13-20-26-25-15(2)27(20)3/h4-5,8-9,16H,6-7,10-13H2,1-3H3,(H2,22,23,24). The van der Waals surface area contributed by atoms with Crippen LogP contribution < -0.4 is 10.6 Å². The average Bonchev–Trinajstić information content (AvgIpc) is 3.44. The molecule has 2 N–H and O–H groups in total. The van der Waals surface area contributed by atoms with Gasteiger partial charge in [0.2, 0.25) is 0 Å². The molecule has 3 aromatic rings. The minimum absolute atomic E-state index is 0.229. The lowest BCUT2D eigenvalue weighted by molar-refractivity contribution is 0.113. The minimum Gasteiger partial charge on any atom is -0.459 e. The Bertz CT molecular complexity index is 1000. The molecule has 8 nitrogen and oxygen atoms in total. The van der Waals surface area contributed by atoms with Gasteiger partial charge in [-0.2, -0.15) is 0 Å². The van der Waals surface area contributed by atoms with Crippen molar-refractivity contribution < 1.29 is 9.15 Å². The summed E-state index contributed by atoms with van der Waals surface area (Å²) in [4.78, 5) is 4.70. The van der Waals surface area contributed by atoms with Gasteiger partial charge in [-0.1, -0.05) is 18.2 Å². The first-order valence-corrected chi connectivity index (χ1v) is 10.1. The van der Waals surface area contributed by atoms with Crippen LogP contribution in [0.25, 0.3) is 11.0 Å². The number of nitrogens with one attached hydrogen (secondary N) is 2. The largest absolute Gasteiger partial charge is 0.459 e. The van der Waals surface area contributed by atoms with Gasteiger partial charge in [-0.25, -0.2) is 4.99 Å². The minimum atomic E-state index is 0.229. The molecule has 0 spiro atoms. The summed E-state index contributed by atoms with van der Waals surface area (Å²) in [5.41, 5.74) is 2.05. The fourth-order valence-corrected chi connectivity index (χ4v) is 3.49. The number of fused-ring (bicyclic) bond motifs is 1. The number of benzene rings is 1. The Morgan fingerprint density at radius 3 is 2.83 bits per heavy atom. The Labute approximate surface area is 170 Å². The summed E-state index contributed by atoms with van der Waals surface area (Å²) < 4.78 is 13.7. The number of furan rings is 1. The molecule has 1 aliphatic rings. The van der Waals surface area contributed by atoms with Gasteiger partial charge in [-0.15, -0.1) is 10.2 Å². The van der Waals surface area contributed by atoms with Gasteiger partial charge in [0.1, 0.15) is 23.7 Å². The van der Waals surface area contributed by atoms with Crippen LogP contribution in [0, 0.1) is 13.8 Å². The van der Waals surface area contributed by atoms with E-state index in [0.717, 1.165) is 59.9 Å². The zero-order valence-corrected chi connectivity index (χ0v) is 17.2. The molecule has 1 atom stereocenters. The lowest BCUT2D eigenvalue weighted by atomic mass is 10.1. The molecule has 0 amide bonds. The third-order valence-electron chi connectivity index (χ3n) is 5.44. The highest BCUT2D eigenvalue weighted by atomic mass is 16.5. The topological polar surface area (TPSA) is 89.5 Å². The summed E-state index contributed by atoms with van der Waals surface area (Å²) in [5, 5.41) is 16.2. The van der Waals surface area contributed by atoms with Gasteiger partial charge in [-0.3, -0.25) is 0 Å². The lowest BCUT2D eigenvalue weighted by Crippen LogP contribution is -2.41. The van der Waals surface area contributed by atoms with Crippen molar-refractivity contribution in [2.45, 2.75) is 45.9 Å². The van der Waals surface area contributed by atoms with E-state index in [4.69, 9.17) is 14.1 Å². The summed E-state index contributed by atoms with van der Waals surface area (Å²) in [6.07, 6.45) is 2.42. The molecular weight excluding hydrogens is 368 g/mol. The Hall–Kier alpha value is -2.87. The SMILES string of the molecule is Cc1c(CNC(=NCc2nnc(C)n2C)NCC2CCCO2)oc2ccccc12. The Morgan fingerprint density at radius 1 is 1.24 bits per heavy atom. The molecule has 1 saturated heterocycles. The van der Waals surface area contributed by atoms with Crippen molar-refractivity contribution in [3.63, 3.8) is 0 Å². The van der Waals surface area contributed by atoms with E-state index in [1.165, 1.54) is 0 Å². The molecule has 4 rings (SSSR count). The second-order valence-electron chi connectivity index (χ2n) is 7.40. The first-order valence-electron chi connectivity index (χ1n) is 10.1. The quantitative estimate of drug-likeness (QED) is 0.492. The van der Waals surface area contributed by atoms with Crippen LogP contribution in [-0.4, -0.2) is 40.0 Å². The second kappa shape index (κ2) is 8.65. The number of ether oxygens (including phenoxy) is 1. The second-order valence-corrected chi connectivity index (χ2v) is 7.40. The Morgan fingerprint density at radius 2 is 2.10 bits per heavy atom. The number of hydrogen-bond acceptors (Lipinski definition) is 5. The van der Waals surface area contributed by atoms with E-state index < -0.39 is 0 Å². The maximum absolute atomic E-state index is 6.02. The molecule has 1 aromatic carbocycles. The van der Waals surface area contributed by atoms with Gasteiger partial charge in [-0.05, 0) is 32.8 Å². The van der Waals surface area contributed by atoms with E-state index in [1.807, 2.05) is 36.7 Å². The van der Waals surface area contributed by atoms with Crippen LogP contribution >= 0.6 is 0 Å². The molecular formula is C21H28N6O2. The highest BCUT2D eigenvalue weighted by molar-refractivity contribution is 5.83. The number of aliphatic imine (C=N–C) groups is 1. The number of nitrogens with zero attached hydrogens (tertiary/aromatic N) is 4. The number of rotatable bonds is 6. The average molecular weight is 396 g/mol. The number of aromatic nitrogens is 3. The summed E-state index contributed by atoms with van der Waals surface area (Å²) in [6.45, 7) is 6.57. The smallest absolute Gasteiger partial charge is 0.192 e. The van der Waals surface area contributed by atoms with Gasteiger partial charge >= 0.3 is 0 Å². The van der Waals surface area contributed by atoms with Crippen molar-refractivity contribution in [3.05, 3.63) is 47.2 Å². The van der Waals surface area contributed by atoms with Gasteiger partial charge < -0.3 is 24.4 Å². The summed E-state index contributed by atoms with van der Waals surface area (Å²) in [7, 11) is 1.95. The van der Waals surface area contributed by atoms with Crippen molar-refractivity contribution in [2.24, 2.45) is 12.0 Å². The molecule has 1 unspecified atom stereocenters. The first-order chi connectivity index (χ1) is 14.1. The van der Waals surface area contributed by atoms with Crippen LogP contribution in [0.2, 0.25) is 0 Å². The zero-order chi connectivity index (χ0) is 20.2. The zero-order valence-electron chi connectivity index (χ0n) is 17.2. The monoisotopic (exact) mass is 396 g/mol. The third-order valence-corrected chi connectivity index (χ3v) is 5.44. The number of para-hydroxylation sites is 1. The van der Waals surface area contributed by atoms with E-state index in [0.29, 0.717) is 19.0 Å². The van der Waals surface area contributed by atoms with E-state index in [9.17, 15) is 0 Å². The molecule has 3 heterocycles. The molecule has 0 aliphatic carbocycles. The maximum Gasteiger partial charge on any atom is 0.192 e. The van der Waals surface area contributed by atoms with Gasteiger partial charge in [0.25, 0.3) is 0 Å². The van der Waals surface area contributed by atoms with Crippen molar-refractivity contribution >= 4 is 16.9 Å². The Kier molecular flexibility index (Phi) is 5.80. The molecule has 29 heavy (non-hydrogen) atoms. The summed E-state index contributed by atoms with van der Waals surface area (Å²) >= 11 is 0. The fraction of sp³-hybridized carbons (Fsp3) is 0.476. The van der Waals surface area contributed by atoms with Gasteiger partial charge in [0.15, 0.2) is 11.8 Å². The fourth-order valence-electron chi connectivity index (χ4n) is 3.49. The predicted octanol–water partition coefficient (Wildman–Crippen LogP) is 2.59. The van der Waals surface area contributed by atoms with Crippen molar-refractivity contribution in [1.82, 2.24) is 25.4 Å². The molecule has 8 heteroatoms. The first kappa shape index (κ1) is 19.4. The van der Waals surface area contributed by atoms with Crippen LogP contribution in [0.5, 0.6) is 0 Å². The van der Waals surface area contributed by atoms with Crippen LogP contribution in [0.15, 0.2) is 33.7 Å². The van der Waals surface area contributed by atoms with Crippen LogP contribution in [-0.2, 0) is 24.9 Å². The molecule has 2 aromatic heterocycles. The normalized spacial score (nSPS) is 17.2. The highest BCUT2D eigenvalue weighted by Crippen LogP contribution is 2.24. The molecule has 154 valence electrons. The van der Waals surface area contributed by atoms with E-state index >= 15 is 0 Å². The molecule has 1 aliphatic heterocycles. The number of hydrogen-bond donors (Lipinski definition) is 2. The molecule has 0 saturated carbocycles. The van der Waals surface area contributed by atoms with Crippen LogP contribution in [0.3, 0.4) is 0 Å². The summed E-state index contributed by atoms with van der Waals surface area (Å²) in [6, 6.07) is 8.09. The highest BCUT2D eigenvalue weighted by Gasteiger charge is 2.16. The predicted molar refractivity (Wildman–Crippen MR) is 112 cm³/mol. The van der Waals surface area contributed by atoms with Gasteiger partial charge in [0.05, 0.1) is 12.6 Å². The van der Waals surface area contributed by atoms with Crippen LogP contribution in [0.1, 0.15) is 35.8 Å². The van der Waals surface area contributed by atoms with Crippen LogP contribution in [0.4, 0.5) is 0 Å². The van der Waals surface area contributed by atoms with Crippen molar-refractivity contribution in [3.8, 4) is 0 Å². The summed E-state index contributed by atoms with van der Waals surface area (Å²) in [5.74, 6) is 3.31. The number of aryl methyl sites for hydroxylation is 2. The van der Waals surface area contributed by atoms with Crippen molar-refractivity contribution in [1.29, 1.82) is 0 Å². The van der Waals surface area contributed by atoms with Crippen molar-refractivity contribution in [2.75, 3.05) is 13.2 Å².